The lowest BCUT2D eigenvalue weighted by atomic mass is 10.2. The molecule has 0 aliphatic carbocycles. The van der Waals surface area contributed by atoms with Crippen LogP contribution in [0.4, 0.5) is 0 Å². The van der Waals surface area contributed by atoms with Gasteiger partial charge in [0, 0.05) is 12.7 Å². The van der Waals surface area contributed by atoms with Crippen molar-refractivity contribution in [3.8, 4) is 5.75 Å². The van der Waals surface area contributed by atoms with Crippen molar-refractivity contribution in [2.75, 3.05) is 13.2 Å². The predicted octanol–water partition coefficient (Wildman–Crippen LogP) is 2.03. The maximum absolute atomic E-state index is 5.74. The lowest BCUT2D eigenvalue weighted by Crippen LogP contribution is -2.12. The van der Waals surface area contributed by atoms with Crippen molar-refractivity contribution in [1.29, 1.82) is 0 Å². The maximum atomic E-state index is 5.74. The zero-order valence-electron chi connectivity index (χ0n) is 12.2. The van der Waals surface area contributed by atoms with Gasteiger partial charge in [0.25, 0.3) is 0 Å². The second-order valence-electron chi connectivity index (χ2n) is 4.60. The van der Waals surface area contributed by atoms with Crippen molar-refractivity contribution in [3.63, 3.8) is 0 Å². The number of aromatic nitrogens is 3. The Morgan fingerprint density at radius 3 is 3.00 bits per heavy atom. The van der Waals surface area contributed by atoms with Crippen LogP contribution in [0.25, 0.3) is 0 Å². The van der Waals surface area contributed by atoms with Crippen LogP contribution in [0.5, 0.6) is 5.75 Å². The minimum Gasteiger partial charge on any atom is -0.492 e. The van der Waals surface area contributed by atoms with E-state index in [-0.39, 0.29) is 0 Å². The Kier molecular flexibility index (Phi) is 5.55. The van der Waals surface area contributed by atoms with Crippen LogP contribution >= 0.6 is 0 Å². The van der Waals surface area contributed by atoms with E-state index in [2.05, 4.69) is 41.6 Å². The predicted molar refractivity (Wildman–Crippen MR) is 78.7 cm³/mol. The zero-order valence-corrected chi connectivity index (χ0v) is 12.2. The van der Waals surface area contributed by atoms with Crippen molar-refractivity contribution in [2.24, 2.45) is 0 Å². The van der Waals surface area contributed by atoms with Gasteiger partial charge in [0.05, 0.1) is 12.2 Å². The van der Waals surface area contributed by atoms with Gasteiger partial charge in [-0.05, 0) is 30.7 Å². The Morgan fingerprint density at radius 2 is 2.20 bits per heavy atom. The second-order valence-corrected chi connectivity index (χ2v) is 4.60. The standard InChI is InChI=1S/C15H22N4O/c1-3-13-6-5-7-15(10-13)20-9-8-19-12-14(17-18-19)11-16-4-2/h5-7,10,12,16H,3-4,8-9,11H2,1-2H3. The molecule has 20 heavy (non-hydrogen) atoms. The summed E-state index contributed by atoms with van der Waals surface area (Å²) in [6, 6.07) is 8.20. The van der Waals surface area contributed by atoms with Crippen LogP contribution < -0.4 is 10.1 Å². The zero-order chi connectivity index (χ0) is 14.2. The molecule has 0 fully saturated rings. The van der Waals surface area contributed by atoms with Gasteiger partial charge in [-0.3, -0.25) is 0 Å². The number of aryl methyl sites for hydroxylation is 1. The molecule has 0 atom stereocenters. The summed E-state index contributed by atoms with van der Waals surface area (Å²) < 4.78 is 7.55. The van der Waals surface area contributed by atoms with E-state index in [1.165, 1.54) is 5.56 Å². The summed E-state index contributed by atoms with van der Waals surface area (Å²) in [5.41, 5.74) is 2.25. The highest BCUT2D eigenvalue weighted by Crippen LogP contribution is 2.13. The van der Waals surface area contributed by atoms with Gasteiger partial charge in [0.15, 0.2) is 0 Å². The second kappa shape index (κ2) is 7.65. The number of nitrogens with zero attached hydrogens (tertiary/aromatic N) is 3. The summed E-state index contributed by atoms with van der Waals surface area (Å²) in [6.07, 6.45) is 2.97. The molecule has 0 saturated heterocycles. The highest BCUT2D eigenvalue weighted by molar-refractivity contribution is 5.28. The van der Waals surface area contributed by atoms with Crippen molar-refractivity contribution in [2.45, 2.75) is 33.4 Å². The van der Waals surface area contributed by atoms with Gasteiger partial charge in [-0.25, -0.2) is 4.68 Å². The van der Waals surface area contributed by atoms with Crippen LogP contribution in [0.3, 0.4) is 0 Å². The van der Waals surface area contributed by atoms with Crippen LogP contribution in [0, 0.1) is 0 Å². The molecule has 1 aromatic carbocycles. The molecule has 0 saturated carbocycles. The van der Waals surface area contributed by atoms with Crippen molar-refractivity contribution in [1.82, 2.24) is 20.3 Å². The summed E-state index contributed by atoms with van der Waals surface area (Å²) in [5.74, 6) is 0.914. The summed E-state index contributed by atoms with van der Waals surface area (Å²) in [5, 5.41) is 11.4. The molecule has 5 heteroatoms. The van der Waals surface area contributed by atoms with Gasteiger partial charge in [0.1, 0.15) is 12.4 Å². The molecule has 0 aliphatic rings. The van der Waals surface area contributed by atoms with Crippen LogP contribution in [-0.4, -0.2) is 28.1 Å². The van der Waals surface area contributed by atoms with Crippen molar-refractivity contribution in [3.05, 3.63) is 41.7 Å². The molecule has 0 amide bonds. The molecule has 1 heterocycles. The Bertz CT molecular complexity index is 524. The van der Waals surface area contributed by atoms with Crippen molar-refractivity contribution >= 4 is 0 Å². The quantitative estimate of drug-likeness (QED) is 0.800. The van der Waals surface area contributed by atoms with E-state index in [9.17, 15) is 0 Å². The van der Waals surface area contributed by atoms with E-state index in [0.29, 0.717) is 13.2 Å². The number of rotatable bonds is 8. The summed E-state index contributed by atoms with van der Waals surface area (Å²) >= 11 is 0. The number of hydrogen-bond acceptors (Lipinski definition) is 4. The molecule has 0 spiro atoms. The molecule has 0 unspecified atom stereocenters. The Morgan fingerprint density at radius 1 is 1.30 bits per heavy atom. The number of hydrogen-bond donors (Lipinski definition) is 1. The van der Waals surface area contributed by atoms with Gasteiger partial charge in [-0.2, -0.15) is 0 Å². The van der Waals surface area contributed by atoms with E-state index in [4.69, 9.17) is 4.74 Å². The fourth-order valence-electron chi connectivity index (χ4n) is 1.89. The smallest absolute Gasteiger partial charge is 0.119 e. The van der Waals surface area contributed by atoms with Crippen molar-refractivity contribution < 1.29 is 4.74 Å². The number of nitrogens with one attached hydrogen (secondary N) is 1. The van der Waals surface area contributed by atoms with Crippen LogP contribution in [0.1, 0.15) is 25.1 Å². The fraction of sp³-hybridized carbons (Fsp3) is 0.467. The summed E-state index contributed by atoms with van der Waals surface area (Å²) in [7, 11) is 0. The first-order valence-electron chi connectivity index (χ1n) is 7.13. The average molecular weight is 274 g/mol. The third-order valence-corrected chi connectivity index (χ3v) is 3.04. The monoisotopic (exact) mass is 274 g/mol. The van der Waals surface area contributed by atoms with Gasteiger partial charge in [-0.1, -0.05) is 31.2 Å². The Balaban J connectivity index is 1.78. The first kappa shape index (κ1) is 14.5. The Hall–Kier alpha value is -1.88. The van der Waals surface area contributed by atoms with Gasteiger partial charge in [-0.15, -0.1) is 5.10 Å². The molecule has 2 aromatic rings. The Labute approximate surface area is 120 Å². The van der Waals surface area contributed by atoms with Gasteiger partial charge < -0.3 is 10.1 Å². The first-order chi connectivity index (χ1) is 9.81. The molecule has 0 radical (unpaired) electrons. The van der Waals surface area contributed by atoms with E-state index in [1.807, 2.05) is 23.0 Å². The molecule has 1 N–H and O–H groups in total. The normalized spacial score (nSPS) is 10.7. The SMILES string of the molecule is CCNCc1cn(CCOc2cccc(CC)c2)nn1. The molecule has 0 aliphatic heterocycles. The van der Waals surface area contributed by atoms with Crippen LogP contribution in [0.2, 0.25) is 0 Å². The highest BCUT2D eigenvalue weighted by Gasteiger charge is 2.01. The largest absolute Gasteiger partial charge is 0.492 e. The molecule has 5 nitrogen and oxygen atoms in total. The molecule has 108 valence electrons. The highest BCUT2D eigenvalue weighted by atomic mass is 16.5. The fourth-order valence-corrected chi connectivity index (χ4v) is 1.89. The minimum atomic E-state index is 0.594. The third kappa shape index (κ3) is 4.35. The average Bonchev–Trinajstić information content (AvgIpc) is 2.93. The van der Waals surface area contributed by atoms with E-state index < -0.39 is 0 Å². The van der Waals surface area contributed by atoms with Gasteiger partial charge in [0.2, 0.25) is 0 Å². The summed E-state index contributed by atoms with van der Waals surface area (Å²) in [6.45, 7) is 7.20. The third-order valence-electron chi connectivity index (χ3n) is 3.04. The molecular weight excluding hydrogens is 252 g/mol. The topological polar surface area (TPSA) is 52.0 Å². The first-order valence-corrected chi connectivity index (χ1v) is 7.13. The lowest BCUT2D eigenvalue weighted by Gasteiger charge is -2.07. The van der Waals surface area contributed by atoms with Gasteiger partial charge >= 0.3 is 0 Å². The minimum absolute atomic E-state index is 0.594. The maximum Gasteiger partial charge on any atom is 0.119 e. The summed E-state index contributed by atoms with van der Waals surface area (Å²) in [4.78, 5) is 0. The van der Waals surface area contributed by atoms with E-state index >= 15 is 0 Å². The molecule has 2 rings (SSSR count). The molecule has 0 bridgehead atoms. The molecular formula is C15H22N4O. The van der Waals surface area contributed by atoms with Crippen LogP contribution in [0.15, 0.2) is 30.5 Å². The van der Waals surface area contributed by atoms with E-state index in [1.54, 1.807) is 0 Å². The van der Waals surface area contributed by atoms with E-state index in [0.717, 1.165) is 31.0 Å². The lowest BCUT2D eigenvalue weighted by molar-refractivity contribution is 0.289. The van der Waals surface area contributed by atoms with Crippen LogP contribution in [-0.2, 0) is 19.5 Å². The number of benzene rings is 1. The number of ether oxygens (including phenoxy) is 1. The molecule has 1 aromatic heterocycles.